The maximum atomic E-state index is 12.9. The van der Waals surface area contributed by atoms with Crippen LogP contribution in [0, 0.1) is 20.8 Å². The van der Waals surface area contributed by atoms with Crippen LogP contribution in [0.25, 0.3) is 11.8 Å². The minimum Gasteiger partial charge on any atom is -0.316 e. The molecule has 1 aliphatic rings. The Hall–Kier alpha value is -3.31. The van der Waals surface area contributed by atoms with Gasteiger partial charge >= 0.3 is 6.03 Å². The zero-order valence-corrected chi connectivity index (χ0v) is 17.8. The average Bonchev–Trinajstić information content (AvgIpc) is 3.14. The number of halogens is 1. The van der Waals surface area contributed by atoms with Gasteiger partial charge in [-0.1, -0.05) is 53.6 Å². The van der Waals surface area contributed by atoms with Gasteiger partial charge in [-0.15, -0.1) is 0 Å². The van der Waals surface area contributed by atoms with E-state index in [0.29, 0.717) is 5.02 Å². The van der Waals surface area contributed by atoms with E-state index in [9.17, 15) is 9.59 Å². The van der Waals surface area contributed by atoms with Crippen molar-refractivity contribution < 1.29 is 9.59 Å². The molecule has 0 saturated carbocycles. The number of benzene rings is 2. The number of carbonyl (C=O) groups is 2. The second-order valence-corrected chi connectivity index (χ2v) is 7.89. The first-order valence-electron chi connectivity index (χ1n) is 9.69. The van der Waals surface area contributed by atoms with Gasteiger partial charge in [0.1, 0.15) is 5.70 Å². The molecule has 4 rings (SSSR count). The van der Waals surface area contributed by atoms with Crippen molar-refractivity contribution in [2.45, 2.75) is 27.3 Å². The molecule has 152 valence electrons. The first kappa shape index (κ1) is 20.0. The van der Waals surface area contributed by atoms with Gasteiger partial charge in [-0.05, 0) is 56.2 Å². The Labute approximate surface area is 180 Å². The SMILES string of the molecule is Cc1ccc(CN2C(=O)N/C(=C/c3cc(C)n(-c4ccccc4Cl)c3C)C2=O)cc1. The van der Waals surface area contributed by atoms with E-state index in [2.05, 4.69) is 5.32 Å². The molecule has 0 atom stereocenters. The van der Waals surface area contributed by atoms with Crippen molar-refractivity contribution in [3.63, 3.8) is 0 Å². The normalized spacial score (nSPS) is 15.2. The van der Waals surface area contributed by atoms with Crippen LogP contribution in [0.5, 0.6) is 0 Å². The molecule has 3 amide bonds. The highest BCUT2D eigenvalue weighted by Gasteiger charge is 2.33. The summed E-state index contributed by atoms with van der Waals surface area (Å²) >= 11 is 6.38. The summed E-state index contributed by atoms with van der Waals surface area (Å²) in [5, 5.41) is 3.35. The van der Waals surface area contributed by atoms with E-state index in [1.54, 1.807) is 6.08 Å². The fourth-order valence-electron chi connectivity index (χ4n) is 3.68. The first-order chi connectivity index (χ1) is 14.3. The number of para-hydroxylation sites is 1. The lowest BCUT2D eigenvalue weighted by molar-refractivity contribution is -0.123. The van der Waals surface area contributed by atoms with E-state index in [4.69, 9.17) is 11.6 Å². The molecule has 0 bridgehead atoms. The van der Waals surface area contributed by atoms with Gasteiger partial charge in [0.15, 0.2) is 0 Å². The number of imide groups is 1. The van der Waals surface area contributed by atoms with Gasteiger partial charge in [0.25, 0.3) is 5.91 Å². The summed E-state index contributed by atoms with van der Waals surface area (Å²) in [6.07, 6.45) is 1.73. The van der Waals surface area contributed by atoms with Crippen molar-refractivity contribution in [1.82, 2.24) is 14.8 Å². The third-order valence-corrected chi connectivity index (χ3v) is 5.61. The fourth-order valence-corrected chi connectivity index (χ4v) is 3.90. The van der Waals surface area contributed by atoms with Crippen LogP contribution < -0.4 is 5.32 Å². The largest absolute Gasteiger partial charge is 0.329 e. The summed E-state index contributed by atoms with van der Waals surface area (Å²) in [7, 11) is 0. The number of hydrogen-bond acceptors (Lipinski definition) is 2. The maximum absolute atomic E-state index is 12.9. The Balaban J connectivity index is 1.63. The van der Waals surface area contributed by atoms with Crippen molar-refractivity contribution in [2.75, 3.05) is 0 Å². The predicted octanol–water partition coefficient (Wildman–Crippen LogP) is 5.15. The Morgan fingerprint density at radius 2 is 1.70 bits per heavy atom. The molecule has 2 heterocycles. The molecule has 1 fully saturated rings. The lowest BCUT2D eigenvalue weighted by Gasteiger charge is -2.12. The number of aryl methyl sites for hydroxylation is 2. The molecule has 0 spiro atoms. The highest BCUT2D eigenvalue weighted by atomic mass is 35.5. The number of aromatic nitrogens is 1. The minimum absolute atomic E-state index is 0.237. The summed E-state index contributed by atoms with van der Waals surface area (Å²) in [6.45, 7) is 6.18. The molecule has 0 radical (unpaired) electrons. The first-order valence-corrected chi connectivity index (χ1v) is 10.1. The van der Waals surface area contributed by atoms with E-state index in [1.165, 1.54) is 4.90 Å². The van der Waals surface area contributed by atoms with Crippen molar-refractivity contribution >= 4 is 29.6 Å². The van der Waals surface area contributed by atoms with E-state index in [1.807, 2.05) is 79.9 Å². The van der Waals surface area contributed by atoms with Crippen LogP contribution in [0.1, 0.15) is 28.1 Å². The van der Waals surface area contributed by atoms with Crippen LogP contribution in [0.4, 0.5) is 4.79 Å². The summed E-state index contributed by atoms with van der Waals surface area (Å²) < 4.78 is 2.04. The van der Waals surface area contributed by atoms with Gasteiger partial charge in [-0.25, -0.2) is 4.79 Å². The molecule has 0 aliphatic carbocycles. The Morgan fingerprint density at radius 1 is 1.00 bits per heavy atom. The Kier molecular flexibility index (Phi) is 5.22. The third-order valence-electron chi connectivity index (χ3n) is 5.29. The number of nitrogens with one attached hydrogen (secondary N) is 1. The molecule has 3 aromatic rings. The lowest BCUT2D eigenvalue weighted by atomic mass is 10.1. The quantitative estimate of drug-likeness (QED) is 0.469. The van der Waals surface area contributed by atoms with E-state index in [-0.39, 0.29) is 18.1 Å². The van der Waals surface area contributed by atoms with E-state index in [0.717, 1.165) is 33.8 Å². The molecule has 30 heavy (non-hydrogen) atoms. The smallest absolute Gasteiger partial charge is 0.316 e. The number of nitrogens with zero attached hydrogens (tertiary/aromatic N) is 2. The van der Waals surface area contributed by atoms with Gasteiger partial charge in [-0.2, -0.15) is 0 Å². The molecular weight excluding hydrogens is 398 g/mol. The monoisotopic (exact) mass is 419 g/mol. The molecule has 1 N–H and O–H groups in total. The lowest BCUT2D eigenvalue weighted by Crippen LogP contribution is -2.30. The molecule has 2 aromatic carbocycles. The standard InChI is InChI=1S/C24H22ClN3O2/c1-15-8-10-18(11-9-15)14-27-23(29)21(26-24(27)30)13-19-12-16(2)28(17(19)3)22-7-5-4-6-20(22)25/h4-13H,14H2,1-3H3,(H,26,30)/b21-13+. The summed E-state index contributed by atoms with van der Waals surface area (Å²) in [5.41, 5.74) is 5.96. The third kappa shape index (κ3) is 3.64. The van der Waals surface area contributed by atoms with Gasteiger partial charge in [0, 0.05) is 11.4 Å². The van der Waals surface area contributed by atoms with Crippen molar-refractivity contribution in [3.8, 4) is 5.69 Å². The van der Waals surface area contributed by atoms with Gasteiger partial charge in [0.2, 0.25) is 0 Å². The Morgan fingerprint density at radius 3 is 2.40 bits per heavy atom. The second-order valence-electron chi connectivity index (χ2n) is 7.48. The molecule has 5 nitrogen and oxygen atoms in total. The predicted molar refractivity (Wildman–Crippen MR) is 118 cm³/mol. The number of urea groups is 1. The number of amides is 3. The van der Waals surface area contributed by atoms with Crippen molar-refractivity contribution in [3.05, 3.63) is 93.4 Å². The van der Waals surface area contributed by atoms with Gasteiger partial charge < -0.3 is 9.88 Å². The highest BCUT2D eigenvalue weighted by Crippen LogP contribution is 2.28. The van der Waals surface area contributed by atoms with Crippen LogP contribution in [0.3, 0.4) is 0 Å². The summed E-state index contributed by atoms with van der Waals surface area (Å²) in [5.74, 6) is -0.330. The molecule has 1 aliphatic heterocycles. The molecule has 1 aromatic heterocycles. The summed E-state index contributed by atoms with van der Waals surface area (Å²) in [6, 6.07) is 17.0. The van der Waals surface area contributed by atoms with Crippen LogP contribution in [-0.2, 0) is 11.3 Å². The van der Waals surface area contributed by atoms with E-state index >= 15 is 0 Å². The topological polar surface area (TPSA) is 54.3 Å². The molecule has 0 unspecified atom stereocenters. The van der Waals surface area contributed by atoms with Crippen LogP contribution in [0.15, 0.2) is 60.3 Å². The average molecular weight is 420 g/mol. The number of carbonyl (C=O) groups excluding carboxylic acids is 2. The number of rotatable bonds is 4. The van der Waals surface area contributed by atoms with Crippen molar-refractivity contribution in [1.29, 1.82) is 0 Å². The highest BCUT2D eigenvalue weighted by molar-refractivity contribution is 6.32. The van der Waals surface area contributed by atoms with Crippen LogP contribution in [0.2, 0.25) is 5.02 Å². The molecule has 6 heteroatoms. The summed E-state index contributed by atoms with van der Waals surface area (Å²) in [4.78, 5) is 26.5. The molecule has 1 saturated heterocycles. The molecular formula is C24H22ClN3O2. The maximum Gasteiger partial charge on any atom is 0.329 e. The van der Waals surface area contributed by atoms with Crippen LogP contribution >= 0.6 is 11.6 Å². The number of hydrogen-bond donors (Lipinski definition) is 1. The minimum atomic E-state index is -0.410. The van der Waals surface area contributed by atoms with Crippen molar-refractivity contribution in [2.24, 2.45) is 0 Å². The van der Waals surface area contributed by atoms with Gasteiger partial charge in [0.05, 0.1) is 17.3 Å². The van der Waals surface area contributed by atoms with E-state index < -0.39 is 6.03 Å². The van der Waals surface area contributed by atoms with Crippen LogP contribution in [-0.4, -0.2) is 21.4 Å². The fraction of sp³-hybridized carbons (Fsp3) is 0.167. The zero-order chi connectivity index (χ0) is 21.4. The second kappa shape index (κ2) is 7.84. The zero-order valence-electron chi connectivity index (χ0n) is 17.1. The van der Waals surface area contributed by atoms with Gasteiger partial charge in [-0.3, -0.25) is 9.69 Å². The Bertz CT molecular complexity index is 1180.